The van der Waals surface area contributed by atoms with E-state index in [1.165, 1.54) is 133 Å². The molecule has 186 valence electrons. The summed E-state index contributed by atoms with van der Waals surface area (Å²) in [5.41, 5.74) is 0. The second-order valence-corrected chi connectivity index (χ2v) is 11.3. The summed E-state index contributed by atoms with van der Waals surface area (Å²) in [6, 6.07) is 0. The average molecular weight is 470 g/mol. The van der Waals surface area contributed by atoms with Crippen molar-refractivity contribution in [1.82, 2.24) is 0 Å². The van der Waals surface area contributed by atoms with E-state index in [0.717, 1.165) is 0 Å². The number of likely N-dealkylation sites (tertiary alicyclic amines) is 1. The SMILES string of the molecule is CCCCCCCCCCCCCCCC[N+]1(C)CCCCC1.F[P-](F)(F)(F)(F)F. The molecule has 1 fully saturated rings. The van der Waals surface area contributed by atoms with Gasteiger partial charge in [-0.25, -0.2) is 0 Å². The number of unbranched alkanes of at least 4 members (excludes halogenated alkanes) is 13. The van der Waals surface area contributed by atoms with Crippen LogP contribution in [0.3, 0.4) is 0 Å². The van der Waals surface area contributed by atoms with Crippen molar-refractivity contribution < 1.29 is 29.7 Å². The summed E-state index contributed by atoms with van der Waals surface area (Å²) < 4.78 is 60.6. The van der Waals surface area contributed by atoms with Crippen molar-refractivity contribution in [3.8, 4) is 0 Å². The molecule has 1 aliphatic rings. The Bertz CT molecular complexity index is 406. The van der Waals surface area contributed by atoms with Crippen molar-refractivity contribution >= 4 is 7.81 Å². The fourth-order valence-corrected chi connectivity index (χ4v) is 4.19. The van der Waals surface area contributed by atoms with Crippen molar-refractivity contribution in [2.75, 3.05) is 26.7 Å². The fraction of sp³-hybridized carbons (Fsp3) is 1.00. The molecule has 30 heavy (non-hydrogen) atoms. The van der Waals surface area contributed by atoms with Gasteiger partial charge in [0.15, 0.2) is 0 Å². The van der Waals surface area contributed by atoms with Crippen LogP contribution < -0.4 is 0 Å². The van der Waals surface area contributed by atoms with Gasteiger partial charge in [0.2, 0.25) is 0 Å². The number of hydrogen-bond donors (Lipinski definition) is 0. The Balaban J connectivity index is 0.00000103. The van der Waals surface area contributed by atoms with Crippen molar-refractivity contribution in [3.63, 3.8) is 0 Å². The summed E-state index contributed by atoms with van der Waals surface area (Å²) in [7, 11) is -8.17. The second kappa shape index (κ2) is 13.5. The monoisotopic (exact) mass is 469 g/mol. The number of halogens is 6. The molecule has 0 spiro atoms. The van der Waals surface area contributed by atoms with Gasteiger partial charge in [0.25, 0.3) is 0 Å². The van der Waals surface area contributed by atoms with Gasteiger partial charge in [-0.05, 0) is 32.1 Å². The zero-order chi connectivity index (χ0) is 23.1. The molecule has 0 saturated carbocycles. The van der Waals surface area contributed by atoms with E-state index >= 15 is 0 Å². The Hall–Kier alpha value is -0.0300. The quantitative estimate of drug-likeness (QED) is 0.0968. The van der Waals surface area contributed by atoms with Gasteiger partial charge >= 0.3 is 33.0 Å². The van der Waals surface area contributed by atoms with E-state index in [4.69, 9.17) is 0 Å². The van der Waals surface area contributed by atoms with Gasteiger partial charge in [-0.1, -0.05) is 84.0 Å². The maximum absolute atomic E-state index is 10.7. The summed E-state index contributed by atoms with van der Waals surface area (Å²) in [6.07, 6.45) is 25.0. The van der Waals surface area contributed by atoms with Crippen LogP contribution in [0.1, 0.15) is 116 Å². The molecule has 0 aliphatic carbocycles. The molecule has 1 saturated heterocycles. The Morgan fingerprint density at radius 3 is 1.17 bits per heavy atom. The van der Waals surface area contributed by atoms with E-state index in [2.05, 4.69) is 14.0 Å². The van der Waals surface area contributed by atoms with E-state index in [1.807, 2.05) is 0 Å². The zero-order valence-electron chi connectivity index (χ0n) is 19.3. The van der Waals surface area contributed by atoms with Crippen LogP contribution in [0.2, 0.25) is 0 Å². The molecule has 1 nitrogen and oxygen atoms in total. The normalized spacial score (nSPS) is 18.8. The standard InChI is InChI=1S/C22H46N.F6P/c1-3-4-5-6-7-8-9-10-11-12-13-14-15-17-20-23(2)21-18-16-19-22-23;1-7(2,3,4,5)6/h3-22H2,1-2H3;/q+1;-1. The van der Waals surface area contributed by atoms with Crippen molar-refractivity contribution in [3.05, 3.63) is 0 Å². The topological polar surface area (TPSA) is 0 Å². The van der Waals surface area contributed by atoms with Crippen LogP contribution in [-0.2, 0) is 0 Å². The summed E-state index contributed by atoms with van der Waals surface area (Å²) in [4.78, 5) is 0. The molecule has 1 heterocycles. The van der Waals surface area contributed by atoms with E-state index < -0.39 is 7.81 Å². The number of quaternary nitrogens is 1. The number of nitrogens with zero attached hydrogens (tertiary/aromatic N) is 1. The number of piperidine rings is 1. The summed E-state index contributed by atoms with van der Waals surface area (Å²) in [5, 5.41) is 0. The zero-order valence-corrected chi connectivity index (χ0v) is 20.2. The molecular weight excluding hydrogens is 423 g/mol. The molecule has 1 aliphatic heterocycles. The van der Waals surface area contributed by atoms with E-state index in [-0.39, 0.29) is 0 Å². The minimum atomic E-state index is -10.7. The van der Waals surface area contributed by atoms with Crippen LogP contribution in [0.15, 0.2) is 0 Å². The van der Waals surface area contributed by atoms with Crippen molar-refractivity contribution in [2.45, 2.75) is 116 Å². The van der Waals surface area contributed by atoms with Crippen molar-refractivity contribution in [2.24, 2.45) is 0 Å². The molecule has 0 N–H and O–H groups in total. The molecule has 8 heteroatoms. The first kappa shape index (κ1) is 30.0. The Morgan fingerprint density at radius 1 is 0.533 bits per heavy atom. The van der Waals surface area contributed by atoms with Crippen LogP contribution in [0.25, 0.3) is 0 Å². The van der Waals surface area contributed by atoms with Crippen molar-refractivity contribution in [1.29, 1.82) is 0 Å². The molecule has 0 aromatic heterocycles. The van der Waals surface area contributed by atoms with Crippen LogP contribution >= 0.6 is 7.81 Å². The van der Waals surface area contributed by atoms with E-state index in [9.17, 15) is 25.2 Å². The predicted octanol–water partition coefficient (Wildman–Crippen LogP) is 10.5. The first-order chi connectivity index (χ1) is 13.7. The third-order valence-corrected chi connectivity index (χ3v) is 5.95. The van der Waals surface area contributed by atoms with Gasteiger partial charge in [0.1, 0.15) is 0 Å². The van der Waals surface area contributed by atoms with Gasteiger partial charge in [-0.2, -0.15) is 0 Å². The summed E-state index contributed by atoms with van der Waals surface area (Å²) >= 11 is 0. The van der Waals surface area contributed by atoms with Gasteiger partial charge in [-0.3, -0.25) is 0 Å². The molecular formula is C22H46F6NP. The van der Waals surface area contributed by atoms with E-state index in [1.54, 1.807) is 0 Å². The van der Waals surface area contributed by atoms with Gasteiger partial charge < -0.3 is 4.48 Å². The van der Waals surface area contributed by atoms with Crippen LogP contribution in [0, 0.1) is 0 Å². The Morgan fingerprint density at radius 2 is 0.833 bits per heavy atom. The first-order valence-electron chi connectivity index (χ1n) is 12.1. The fourth-order valence-electron chi connectivity index (χ4n) is 4.19. The molecule has 0 aromatic rings. The van der Waals surface area contributed by atoms with Crippen LogP contribution in [0.5, 0.6) is 0 Å². The first-order valence-corrected chi connectivity index (χ1v) is 14.1. The maximum atomic E-state index is 9.87. The Kier molecular flexibility index (Phi) is 13.5. The predicted molar refractivity (Wildman–Crippen MR) is 119 cm³/mol. The number of rotatable bonds is 15. The molecule has 0 atom stereocenters. The third-order valence-electron chi connectivity index (χ3n) is 5.95. The molecule has 0 radical (unpaired) electrons. The Labute approximate surface area is 180 Å². The number of hydrogen-bond acceptors (Lipinski definition) is 0. The second-order valence-electron chi connectivity index (χ2n) is 9.41. The molecule has 0 amide bonds. The van der Waals surface area contributed by atoms with Gasteiger partial charge in [0, 0.05) is 0 Å². The van der Waals surface area contributed by atoms with E-state index in [0.29, 0.717) is 0 Å². The molecule has 1 rings (SSSR count). The summed E-state index contributed by atoms with van der Waals surface area (Å²) in [5.74, 6) is 0. The molecule has 0 aromatic carbocycles. The molecule has 0 unspecified atom stereocenters. The third kappa shape index (κ3) is 28.0. The van der Waals surface area contributed by atoms with Crippen LogP contribution in [0.4, 0.5) is 25.2 Å². The average Bonchev–Trinajstić information content (AvgIpc) is 2.60. The van der Waals surface area contributed by atoms with Gasteiger partial charge in [0.05, 0.1) is 26.7 Å². The van der Waals surface area contributed by atoms with Gasteiger partial charge in [-0.15, -0.1) is 0 Å². The molecule has 0 bridgehead atoms. The minimum absolute atomic E-state index is 1.37. The summed E-state index contributed by atoms with van der Waals surface area (Å²) in [6.45, 7) is 6.63. The van der Waals surface area contributed by atoms with Crippen LogP contribution in [-0.4, -0.2) is 31.2 Å².